The van der Waals surface area contributed by atoms with E-state index in [1.807, 2.05) is 84.2 Å². The first-order valence-corrected chi connectivity index (χ1v) is 11.0. The second-order valence-electron chi connectivity index (χ2n) is 8.11. The molecule has 1 fully saturated rings. The highest BCUT2D eigenvalue weighted by molar-refractivity contribution is 6.00. The summed E-state index contributed by atoms with van der Waals surface area (Å²) in [4.78, 5) is 20.1. The van der Waals surface area contributed by atoms with Crippen LogP contribution in [0.3, 0.4) is 0 Å². The van der Waals surface area contributed by atoms with Gasteiger partial charge in [-0.15, -0.1) is 0 Å². The van der Waals surface area contributed by atoms with Crippen molar-refractivity contribution < 1.29 is 9.53 Å². The van der Waals surface area contributed by atoms with Gasteiger partial charge in [-0.1, -0.05) is 30.3 Å². The minimum atomic E-state index is 0.0217. The maximum absolute atomic E-state index is 13.5. The molecular formula is C26H26N4O2. The lowest BCUT2D eigenvalue weighted by Gasteiger charge is -2.25. The maximum atomic E-state index is 13.5. The highest BCUT2D eigenvalue weighted by Crippen LogP contribution is 2.24. The molecule has 6 nitrogen and oxygen atoms in total. The fourth-order valence-electron chi connectivity index (χ4n) is 4.27. The lowest BCUT2D eigenvalue weighted by molar-refractivity contribution is 0.0738. The Kier molecular flexibility index (Phi) is 5.85. The molecule has 0 spiro atoms. The molecule has 1 atom stereocenters. The van der Waals surface area contributed by atoms with Gasteiger partial charge in [0, 0.05) is 43.3 Å². The zero-order chi connectivity index (χ0) is 21.8. The number of amides is 1. The zero-order valence-corrected chi connectivity index (χ0v) is 17.9. The van der Waals surface area contributed by atoms with Gasteiger partial charge in [0.1, 0.15) is 0 Å². The van der Waals surface area contributed by atoms with Crippen LogP contribution in [0.25, 0.3) is 5.52 Å². The summed E-state index contributed by atoms with van der Waals surface area (Å²) in [6, 6.07) is 21.7. The van der Waals surface area contributed by atoms with Crippen LogP contribution in [0.4, 0.5) is 11.4 Å². The number of ether oxygens (including phenoxy) is 1. The quantitative estimate of drug-likeness (QED) is 0.514. The average molecular weight is 427 g/mol. The Balaban J connectivity index is 1.35. The van der Waals surface area contributed by atoms with Gasteiger partial charge in [0.2, 0.25) is 0 Å². The van der Waals surface area contributed by atoms with E-state index in [9.17, 15) is 4.79 Å². The first-order chi connectivity index (χ1) is 15.8. The number of carbonyl (C=O) groups is 1. The van der Waals surface area contributed by atoms with Gasteiger partial charge in [0.25, 0.3) is 5.91 Å². The number of hydrogen-bond acceptors (Lipinski definition) is 4. The summed E-state index contributed by atoms with van der Waals surface area (Å²) in [6.45, 7) is 2.39. The van der Waals surface area contributed by atoms with Crippen LogP contribution in [0.5, 0.6) is 0 Å². The molecule has 2 aromatic heterocycles. The summed E-state index contributed by atoms with van der Waals surface area (Å²) in [5, 5.41) is 3.38. The third kappa shape index (κ3) is 4.36. The molecule has 1 unspecified atom stereocenters. The van der Waals surface area contributed by atoms with Crippen molar-refractivity contribution >= 4 is 22.8 Å². The van der Waals surface area contributed by atoms with E-state index in [0.29, 0.717) is 31.9 Å². The number of nitrogens with zero attached hydrogens (tertiary/aromatic N) is 3. The number of hydrogen-bond donors (Lipinski definition) is 1. The summed E-state index contributed by atoms with van der Waals surface area (Å²) in [5.74, 6) is 0.206. The van der Waals surface area contributed by atoms with E-state index in [0.717, 1.165) is 29.0 Å². The van der Waals surface area contributed by atoms with Crippen molar-refractivity contribution in [1.29, 1.82) is 0 Å². The van der Waals surface area contributed by atoms with E-state index in [2.05, 4.69) is 20.8 Å². The van der Waals surface area contributed by atoms with E-state index in [1.165, 1.54) is 0 Å². The van der Waals surface area contributed by atoms with Crippen molar-refractivity contribution in [3.63, 3.8) is 0 Å². The van der Waals surface area contributed by atoms with Gasteiger partial charge < -0.3 is 19.4 Å². The molecule has 0 saturated carbocycles. The first-order valence-electron chi connectivity index (χ1n) is 11.0. The molecule has 0 aliphatic carbocycles. The first kappa shape index (κ1) is 20.3. The summed E-state index contributed by atoms with van der Waals surface area (Å²) >= 11 is 0. The Morgan fingerprint density at radius 1 is 1.03 bits per heavy atom. The average Bonchev–Trinajstić information content (AvgIpc) is 3.20. The minimum Gasteiger partial charge on any atom is -0.379 e. The lowest BCUT2D eigenvalue weighted by atomic mass is 10.0. The van der Waals surface area contributed by atoms with Crippen LogP contribution in [-0.4, -0.2) is 46.5 Å². The number of anilines is 2. The molecule has 162 valence electrons. The maximum Gasteiger partial charge on any atom is 0.256 e. The molecule has 1 saturated heterocycles. The third-order valence-corrected chi connectivity index (χ3v) is 5.85. The van der Waals surface area contributed by atoms with Gasteiger partial charge in [0.15, 0.2) is 0 Å². The standard InChI is InChI=1S/C26H26N4O2/c31-26(22-9-4-5-10-23(22)28-21-7-2-1-3-8-21)30-15-16-32-19-20(18-30)17-24-25-11-6-13-29(25)14-12-27-24/h1-14,20,28H,15-19H2. The number of nitrogens with one attached hydrogen (secondary N) is 1. The predicted octanol–water partition coefficient (Wildman–Crippen LogP) is 4.41. The van der Waals surface area contributed by atoms with Gasteiger partial charge >= 0.3 is 0 Å². The van der Waals surface area contributed by atoms with E-state index >= 15 is 0 Å². The monoisotopic (exact) mass is 426 g/mol. The fourth-order valence-corrected chi connectivity index (χ4v) is 4.27. The second-order valence-corrected chi connectivity index (χ2v) is 8.11. The van der Waals surface area contributed by atoms with Crippen LogP contribution in [0.1, 0.15) is 16.1 Å². The molecule has 5 rings (SSSR count). The number of benzene rings is 2. The summed E-state index contributed by atoms with van der Waals surface area (Å²) in [7, 11) is 0. The molecular weight excluding hydrogens is 400 g/mol. The molecule has 32 heavy (non-hydrogen) atoms. The largest absolute Gasteiger partial charge is 0.379 e. The van der Waals surface area contributed by atoms with Crippen LogP contribution in [-0.2, 0) is 11.2 Å². The molecule has 1 amide bonds. The number of rotatable bonds is 5. The number of carbonyl (C=O) groups excluding carboxylic acids is 1. The van der Waals surface area contributed by atoms with E-state index in [1.54, 1.807) is 0 Å². The van der Waals surface area contributed by atoms with Crippen molar-refractivity contribution in [3.8, 4) is 0 Å². The van der Waals surface area contributed by atoms with Crippen LogP contribution in [0, 0.1) is 5.92 Å². The van der Waals surface area contributed by atoms with Crippen molar-refractivity contribution in [2.75, 3.05) is 31.6 Å². The predicted molar refractivity (Wildman–Crippen MR) is 125 cm³/mol. The van der Waals surface area contributed by atoms with Crippen LogP contribution < -0.4 is 5.32 Å². The Bertz CT molecular complexity index is 1200. The number of aromatic nitrogens is 2. The van der Waals surface area contributed by atoms with Gasteiger partial charge in [0.05, 0.1) is 35.7 Å². The van der Waals surface area contributed by atoms with E-state index < -0.39 is 0 Å². The fraction of sp³-hybridized carbons (Fsp3) is 0.231. The van der Waals surface area contributed by atoms with Crippen molar-refractivity contribution in [2.45, 2.75) is 6.42 Å². The summed E-state index contributed by atoms with van der Waals surface area (Å²) in [5.41, 5.74) is 4.57. The smallest absolute Gasteiger partial charge is 0.256 e. The molecule has 1 N–H and O–H groups in total. The second kappa shape index (κ2) is 9.24. The van der Waals surface area contributed by atoms with Crippen LogP contribution in [0.15, 0.2) is 85.3 Å². The zero-order valence-electron chi connectivity index (χ0n) is 17.9. The molecule has 4 aromatic rings. The lowest BCUT2D eigenvalue weighted by Crippen LogP contribution is -2.36. The third-order valence-electron chi connectivity index (χ3n) is 5.85. The van der Waals surface area contributed by atoms with Gasteiger partial charge in [-0.05, 0) is 42.8 Å². The van der Waals surface area contributed by atoms with E-state index in [4.69, 9.17) is 4.74 Å². The van der Waals surface area contributed by atoms with Crippen LogP contribution in [0.2, 0.25) is 0 Å². The SMILES string of the molecule is O=C(c1ccccc1Nc1ccccc1)N1CCOCC(Cc2nccn3cccc23)C1. The topological polar surface area (TPSA) is 58.9 Å². The molecule has 2 aromatic carbocycles. The highest BCUT2D eigenvalue weighted by Gasteiger charge is 2.26. The summed E-state index contributed by atoms with van der Waals surface area (Å²) < 4.78 is 7.95. The van der Waals surface area contributed by atoms with E-state index in [-0.39, 0.29) is 11.8 Å². The van der Waals surface area contributed by atoms with Gasteiger partial charge in [-0.2, -0.15) is 0 Å². The van der Waals surface area contributed by atoms with Gasteiger partial charge in [-0.3, -0.25) is 9.78 Å². The van der Waals surface area contributed by atoms with Crippen molar-refractivity contribution in [3.05, 3.63) is 96.6 Å². The highest BCUT2D eigenvalue weighted by atomic mass is 16.5. The molecule has 1 aliphatic heterocycles. The molecule has 0 radical (unpaired) electrons. The normalized spacial score (nSPS) is 16.6. The van der Waals surface area contributed by atoms with Gasteiger partial charge in [-0.25, -0.2) is 0 Å². The Morgan fingerprint density at radius 3 is 2.78 bits per heavy atom. The summed E-state index contributed by atoms with van der Waals surface area (Å²) in [6.07, 6.45) is 6.57. The molecule has 1 aliphatic rings. The molecule has 3 heterocycles. The van der Waals surface area contributed by atoms with Crippen molar-refractivity contribution in [1.82, 2.24) is 14.3 Å². The minimum absolute atomic E-state index is 0.0217. The Labute approximate surface area is 187 Å². The Morgan fingerprint density at radius 2 is 1.88 bits per heavy atom. The van der Waals surface area contributed by atoms with Crippen molar-refractivity contribution in [2.24, 2.45) is 5.92 Å². The number of para-hydroxylation sites is 2. The Hall–Kier alpha value is -3.64. The molecule has 0 bridgehead atoms. The number of fused-ring (bicyclic) bond motifs is 1. The van der Waals surface area contributed by atoms with Crippen LogP contribution >= 0.6 is 0 Å². The molecule has 6 heteroatoms.